The van der Waals surface area contributed by atoms with Gasteiger partial charge in [0.05, 0.1) is 13.2 Å². The van der Waals surface area contributed by atoms with Crippen molar-refractivity contribution >= 4 is 18.1 Å². The lowest BCUT2D eigenvalue weighted by Crippen LogP contribution is -2.28. The molecule has 0 amide bonds. The lowest BCUT2D eigenvalue weighted by Gasteiger charge is -2.22. The maximum atomic E-state index is 12.1. The lowest BCUT2D eigenvalue weighted by atomic mass is 9.94. The fraction of sp³-hybridized carbons (Fsp3) is 0.344. The molecule has 3 aromatic carbocycles. The van der Waals surface area contributed by atoms with Crippen molar-refractivity contribution in [2.24, 2.45) is 0 Å². The van der Waals surface area contributed by atoms with Gasteiger partial charge in [-0.05, 0) is 67.6 Å². The van der Waals surface area contributed by atoms with E-state index >= 15 is 0 Å². The number of rotatable bonds is 11. The van der Waals surface area contributed by atoms with Crippen molar-refractivity contribution in [1.82, 2.24) is 0 Å². The van der Waals surface area contributed by atoms with Crippen molar-refractivity contribution in [3.8, 4) is 5.75 Å². The number of ether oxygens (including phenoxy) is 4. The Kier molecular flexibility index (Phi) is 9.15. The van der Waals surface area contributed by atoms with Crippen LogP contribution in [0.15, 0.2) is 60.7 Å². The van der Waals surface area contributed by atoms with Gasteiger partial charge in [0.1, 0.15) is 18.5 Å². The van der Waals surface area contributed by atoms with Crippen molar-refractivity contribution in [3.05, 3.63) is 99.6 Å². The molecular weight excluding hydrogens is 464 g/mol. The van der Waals surface area contributed by atoms with Gasteiger partial charge in [0, 0.05) is 13.0 Å². The van der Waals surface area contributed by atoms with E-state index in [0.717, 1.165) is 11.3 Å². The molecule has 0 spiro atoms. The van der Waals surface area contributed by atoms with E-state index in [1.54, 1.807) is 6.92 Å². The maximum absolute atomic E-state index is 12.1. The van der Waals surface area contributed by atoms with Crippen LogP contribution in [0.25, 0.3) is 12.2 Å². The zero-order valence-electron chi connectivity index (χ0n) is 22.2. The maximum Gasteiger partial charge on any atom is 0.335 e. The fourth-order valence-electron chi connectivity index (χ4n) is 4.59. The Morgan fingerprint density at radius 3 is 2.00 bits per heavy atom. The molecule has 0 radical (unpaired) electrons. The summed E-state index contributed by atoms with van der Waals surface area (Å²) in [6.45, 7) is 9.55. The molecule has 1 aliphatic rings. The highest BCUT2D eigenvalue weighted by Crippen LogP contribution is 2.36. The second-order valence-electron chi connectivity index (χ2n) is 9.24. The van der Waals surface area contributed by atoms with E-state index in [9.17, 15) is 4.79 Å². The van der Waals surface area contributed by atoms with Crippen LogP contribution in [-0.4, -0.2) is 38.5 Å². The number of carbonyl (C=O) groups excluding carboxylic acids is 1. The number of fused-ring (bicyclic) bond motifs is 2. The van der Waals surface area contributed by atoms with Gasteiger partial charge in [0.2, 0.25) is 0 Å². The number of benzene rings is 3. The third-order valence-corrected chi connectivity index (χ3v) is 6.39. The van der Waals surface area contributed by atoms with Gasteiger partial charge in [0.15, 0.2) is 6.10 Å². The average Bonchev–Trinajstić information content (AvgIpc) is 3.03. The smallest absolute Gasteiger partial charge is 0.335 e. The molecule has 0 aromatic heterocycles. The summed E-state index contributed by atoms with van der Waals surface area (Å²) in [5.74, 6) is 0.426. The molecule has 4 rings (SSSR count). The second-order valence-corrected chi connectivity index (χ2v) is 9.24. The van der Waals surface area contributed by atoms with Crippen LogP contribution >= 0.6 is 0 Å². The lowest BCUT2D eigenvalue weighted by molar-refractivity contribution is -0.156. The van der Waals surface area contributed by atoms with Crippen LogP contribution in [0.1, 0.15) is 58.9 Å². The summed E-state index contributed by atoms with van der Waals surface area (Å²) >= 11 is 0. The quantitative estimate of drug-likeness (QED) is 0.223. The molecule has 5 nitrogen and oxygen atoms in total. The highest BCUT2D eigenvalue weighted by molar-refractivity contribution is 5.77. The first-order valence-electron chi connectivity index (χ1n) is 13.0. The molecule has 1 aliphatic carbocycles. The third-order valence-electron chi connectivity index (χ3n) is 6.39. The number of hydrogen-bond donors (Lipinski definition) is 0. The van der Waals surface area contributed by atoms with Crippen molar-refractivity contribution in [1.29, 1.82) is 0 Å². The van der Waals surface area contributed by atoms with E-state index in [4.69, 9.17) is 18.9 Å². The van der Waals surface area contributed by atoms with E-state index in [1.807, 2.05) is 31.2 Å². The first kappa shape index (κ1) is 26.6. The number of carbonyl (C=O) groups is 1. The molecule has 1 unspecified atom stereocenters. The highest BCUT2D eigenvalue weighted by atomic mass is 16.6. The first-order valence-corrected chi connectivity index (χ1v) is 13.0. The molecule has 0 aliphatic heterocycles. The molecule has 0 saturated heterocycles. The van der Waals surface area contributed by atoms with Crippen LogP contribution in [0.3, 0.4) is 0 Å². The normalized spacial score (nSPS) is 13.4. The monoisotopic (exact) mass is 500 g/mol. The molecule has 3 aromatic rings. The zero-order chi connectivity index (χ0) is 26.2. The highest BCUT2D eigenvalue weighted by Gasteiger charge is 2.23. The minimum absolute atomic E-state index is 0.162. The minimum atomic E-state index is -0.600. The van der Waals surface area contributed by atoms with Crippen LogP contribution in [0.4, 0.5) is 0 Å². The molecule has 194 valence electrons. The van der Waals surface area contributed by atoms with Gasteiger partial charge in [0.25, 0.3) is 0 Å². The van der Waals surface area contributed by atoms with Crippen LogP contribution in [0.5, 0.6) is 5.75 Å². The van der Waals surface area contributed by atoms with Gasteiger partial charge < -0.3 is 18.9 Å². The Morgan fingerprint density at radius 2 is 1.43 bits per heavy atom. The minimum Gasteiger partial charge on any atom is -0.491 e. The van der Waals surface area contributed by atoms with Crippen LogP contribution in [-0.2, 0) is 25.4 Å². The Hall–Kier alpha value is -3.41. The van der Waals surface area contributed by atoms with E-state index in [1.165, 1.54) is 33.4 Å². The van der Waals surface area contributed by atoms with Gasteiger partial charge in [-0.3, -0.25) is 0 Å². The predicted molar refractivity (Wildman–Crippen MR) is 147 cm³/mol. The summed E-state index contributed by atoms with van der Waals surface area (Å²) in [7, 11) is 0. The molecule has 37 heavy (non-hydrogen) atoms. The van der Waals surface area contributed by atoms with Crippen molar-refractivity contribution in [3.63, 3.8) is 0 Å². The molecule has 1 atom stereocenters. The molecule has 0 saturated carbocycles. The van der Waals surface area contributed by atoms with Crippen molar-refractivity contribution < 1.29 is 23.7 Å². The van der Waals surface area contributed by atoms with E-state index in [-0.39, 0.29) is 12.1 Å². The van der Waals surface area contributed by atoms with Crippen LogP contribution in [0.2, 0.25) is 0 Å². The topological polar surface area (TPSA) is 54.0 Å². The average molecular weight is 501 g/mol. The van der Waals surface area contributed by atoms with Gasteiger partial charge in [-0.15, -0.1) is 0 Å². The van der Waals surface area contributed by atoms with Gasteiger partial charge in [-0.25, -0.2) is 4.79 Å². The van der Waals surface area contributed by atoms with E-state index < -0.39 is 6.10 Å². The zero-order valence-corrected chi connectivity index (χ0v) is 22.2. The van der Waals surface area contributed by atoms with Crippen molar-refractivity contribution in [2.75, 3.05) is 26.4 Å². The molecule has 0 fully saturated rings. The predicted octanol–water partition coefficient (Wildman–Crippen LogP) is 6.48. The molecule has 0 N–H and O–H groups in total. The number of aryl methyl sites for hydroxylation is 2. The second kappa shape index (κ2) is 12.7. The van der Waals surface area contributed by atoms with Crippen LogP contribution < -0.4 is 4.74 Å². The SMILES string of the molecule is CCOC(=O)C(Cc1ccc(OCCOC2c3ccc(C)cc3C=Cc3cc(C)ccc32)cc1)OCC. The standard InChI is InChI=1S/C32H36O5/c1-5-34-30(32(33)35-6-2)21-24-9-13-27(14-10-24)36-17-18-37-31-28-15-7-22(3)19-25(28)11-12-26-20-23(4)8-16-29(26)31/h7-16,19-20,30-31H,5-6,17-18,21H2,1-4H3. The fourth-order valence-corrected chi connectivity index (χ4v) is 4.59. The summed E-state index contributed by atoms with van der Waals surface area (Å²) in [5, 5.41) is 0. The summed E-state index contributed by atoms with van der Waals surface area (Å²) in [6.07, 6.45) is 4.06. The van der Waals surface area contributed by atoms with Crippen molar-refractivity contribution in [2.45, 2.75) is 46.3 Å². The Bertz CT molecular complexity index is 1170. The van der Waals surface area contributed by atoms with Gasteiger partial charge in [-0.1, -0.05) is 71.8 Å². The Balaban J connectivity index is 1.38. The molecule has 0 bridgehead atoms. The summed E-state index contributed by atoms with van der Waals surface area (Å²) in [6, 6.07) is 20.8. The first-order chi connectivity index (χ1) is 18.0. The number of hydrogen-bond acceptors (Lipinski definition) is 5. The molecular formula is C32H36O5. The van der Waals surface area contributed by atoms with Crippen LogP contribution in [0, 0.1) is 13.8 Å². The Morgan fingerprint density at radius 1 is 0.811 bits per heavy atom. The molecule has 0 heterocycles. The summed E-state index contributed by atoms with van der Waals surface area (Å²) < 4.78 is 23.1. The van der Waals surface area contributed by atoms with E-state index in [0.29, 0.717) is 32.8 Å². The molecule has 5 heteroatoms. The van der Waals surface area contributed by atoms with E-state index in [2.05, 4.69) is 62.4 Å². The largest absolute Gasteiger partial charge is 0.491 e. The summed E-state index contributed by atoms with van der Waals surface area (Å²) in [4.78, 5) is 12.1. The Labute approximate surface area is 220 Å². The van der Waals surface area contributed by atoms with Gasteiger partial charge in [-0.2, -0.15) is 0 Å². The third kappa shape index (κ3) is 6.88. The number of esters is 1. The van der Waals surface area contributed by atoms with Gasteiger partial charge >= 0.3 is 5.97 Å². The summed E-state index contributed by atoms with van der Waals surface area (Å²) in [5.41, 5.74) is 8.14.